The molecule has 3 aromatic carbocycles. The molecule has 1 aliphatic rings. The molecule has 0 bridgehead atoms. The van der Waals surface area contributed by atoms with Gasteiger partial charge < -0.3 is 4.74 Å². The van der Waals surface area contributed by atoms with Gasteiger partial charge in [-0.15, -0.1) is 0 Å². The van der Waals surface area contributed by atoms with E-state index >= 15 is 0 Å². The van der Waals surface area contributed by atoms with Gasteiger partial charge in [-0.3, -0.25) is 0 Å². The van der Waals surface area contributed by atoms with Crippen LogP contribution in [0.2, 0.25) is 0 Å². The van der Waals surface area contributed by atoms with Gasteiger partial charge in [0.2, 0.25) is 0 Å². The number of esters is 1. The molecule has 0 unspecified atom stereocenters. The number of ether oxygens (including phenoxy) is 1. The van der Waals surface area contributed by atoms with Crippen molar-refractivity contribution in [3.63, 3.8) is 0 Å². The molecule has 0 fully saturated rings. The van der Waals surface area contributed by atoms with Gasteiger partial charge in [0.05, 0.1) is 6.16 Å². The van der Waals surface area contributed by atoms with Gasteiger partial charge in [-0.05, 0) is 58.4 Å². The average molecular weight is 450 g/mol. The minimum atomic E-state index is -1.96. The van der Waals surface area contributed by atoms with Gasteiger partial charge >= 0.3 is 5.97 Å². The van der Waals surface area contributed by atoms with Crippen molar-refractivity contribution < 1.29 is 9.53 Å². The van der Waals surface area contributed by atoms with E-state index in [0.29, 0.717) is 10.2 Å². The third kappa shape index (κ3) is 3.61. The van der Waals surface area contributed by atoms with Crippen molar-refractivity contribution in [3.05, 3.63) is 113 Å². The third-order valence-electron chi connectivity index (χ3n) is 4.83. The number of rotatable bonds is 5. The molecule has 0 amide bonds. The van der Waals surface area contributed by atoms with Crippen LogP contribution >= 0.6 is 23.2 Å². The highest BCUT2D eigenvalue weighted by atomic mass is 79.9. The van der Waals surface area contributed by atoms with Crippen LogP contribution < -0.4 is 15.9 Å². The number of hydrogen-bond donors (Lipinski definition) is 0. The Morgan fingerprint density at radius 3 is 1.54 bits per heavy atom. The number of hydrogen-bond acceptors (Lipinski definition) is 2. The van der Waals surface area contributed by atoms with E-state index in [-0.39, 0.29) is 5.97 Å². The fraction of sp³-hybridized carbons (Fsp3) is 0.0417. The lowest BCUT2D eigenvalue weighted by atomic mass is 10.4. The van der Waals surface area contributed by atoms with Crippen molar-refractivity contribution in [2.45, 2.75) is 0 Å². The summed E-state index contributed by atoms with van der Waals surface area (Å²) in [7, 11) is -1.96. The SMILES string of the molecule is O=C1O/C(=C\C[P+](c2ccccc2)(c2ccccc2)c2ccccc2)C=C1Br. The summed E-state index contributed by atoms with van der Waals surface area (Å²) < 4.78 is 5.84. The Morgan fingerprint density at radius 2 is 1.18 bits per heavy atom. The van der Waals surface area contributed by atoms with Crippen molar-refractivity contribution in [3.8, 4) is 0 Å². The predicted octanol–water partition coefficient (Wildman–Crippen LogP) is 4.70. The minimum absolute atomic E-state index is 0.339. The van der Waals surface area contributed by atoms with Crippen molar-refractivity contribution in [2.24, 2.45) is 0 Å². The fourth-order valence-corrected chi connectivity index (χ4v) is 7.84. The number of benzene rings is 3. The zero-order chi connectivity index (χ0) is 19.4. The molecule has 28 heavy (non-hydrogen) atoms. The number of allylic oxidation sites excluding steroid dienone is 2. The Labute approximate surface area is 174 Å². The van der Waals surface area contributed by atoms with Crippen molar-refractivity contribution in [1.29, 1.82) is 0 Å². The van der Waals surface area contributed by atoms with Crippen molar-refractivity contribution >= 4 is 45.1 Å². The molecule has 0 spiro atoms. The Morgan fingerprint density at radius 1 is 0.750 bits per heavy atom. The highest BCUT2D eigenvalue weighted by Crippen LogP contribution is 2.55. The number of halogens is 1. The summed E-state index contributed by atoms with van der Waals surface area (Å²) >= 11 is 3.25. The maximum absolute atomic E-state index is 11.7. The molecule has 0 radical (unpaired) electrons. The number of cyclic esters (lactones) is 1. The molecular formula is C24H19BrO2P+. The van der Waals surface area contributed by atoms with Gasteiger partial charge in [0.15, 0.2) is 0 Å². The highest BCUT2D eigenvalue weighted by molar-refractivity contribution is 9.12. The second-order valence-electron chi connectivity index (χ2n) is 6.49. The quantitative estimate of drug-likeness (QED) is 0.416. The molecule has 0 saturated heterocycles. The van der Waals surface area contributed by atoms with Crippen LogP contribution in [0.1, 0.15) is 0 Å². The van der Waals surface area contributed by atoms with Crippen LogP contribution in [0.5, 0.6) is 0 Å². The molecule has 0 atom stereocenters. The van der Waals surface area contributed by atoms with E-state index < -0.39 is 7.26 Å². The minimum Gasteiger partial charge on any atom is -0.423 e. The Kier molecular flexibility index (Phi) is 5.57. The van der Waals surface area contributed by atoms with Crippen LogP contribution in [0.3, 0.4) is 0 Å². The van der Waals surface area contributed by atoms with E-state index in [1.807, 2.05) is 24.3 Å². The second-order valence-corrected chi connectivity index (χ2v) is 10.9. The largest absolute Gasteiger partial charge is 0.423 e. The summed E-state index contributed by atoms with van der Waals surface area (Å²) in [6.45, 7) is 0. The normalized spacial score (nSPS) is 15.4. The maximum Gasteiger partial charge on any atom is 0.350 e. The van der Waals surface area contributed by atoms with E-state index in [0.717, 1.165) is 6.16 Å². The molecule has 0 aromatic heterocycles. The van der Waals surface area contributed by atoms with Gasteiger partial charge in [0.25, 0.3) is 0 Å². The lowest BCUT2D eigenvalue weighted by molar-refractivity contribution is -0.132. The average Bonchev–Trinajstić information content (AvgIpc) is 3.08. The van der Waals surface area contributed by atoms with Crippen LogP contribution in [-0.2, 0) is 9.53 Å². The van der Waals surface area contributed by atoms with Crippen LogP contribution in [-0.4, -0.2) is 12.1 Å². The Bertz CT molecular complexity index is 931. The standard InChI is InChI=1S/C24H19BrO2P/c25-23-18-19(27-24(23)26)16-17-28(20-10-4-1-5-11-20,21-12-6-2-7-13-21)22-14-8-3-9-15-22/h1-16,18H,17H2/q+1/b19-16-. The molecule has 1 aliphatic heterocycles. The molecule has 138 valence electrons. The predicted molar refractivity (Wildman–Crippen MR) is 121 cm³/mol. The molecule has 0 aliphatic carbocycles. The highest BCUT2D eigenvalue weighted by Gasteiger charge is 2.44. The van der Waals surface area contributed by atoms with Gasteiger partial charge in [0.1, 0.15) is 33.4 Å². The Balaban J connectivity index is 1.91. The first-order valence-corrected chi connectivity index (χ1v) is 11.8. The van der Waals surface area contributed by atoms with Crippen LogP contribution in [0, 0.1) is 0 Å². The smallest absolute Gasteiger partial charge is 0.350 e. The number of carbonyl (C=O) groups is 1. The van der Waals surface area contributed by atoms with Crippen LogP contribution in [0.4, 0.5) is 0 Å². The van der Waals surface area contributed by atoms with Gasteiger partial charge in [-0.1, -0.05) is 54.6 Å². The van der Waals surface area contributed by atoms with E-state index in [2.05, 4.69) is 88.7 Å². The van der Waals surface area contributed by atoms with E-state index in [1.165, 1.54) is 15.9 Å². The number of carbonyl (C=O) groups excluding carboxylic acids is 1. The lowest BCUT2D eigenvalue weighted by Gasteiger charge is -2.26. The monoisotopic (exact) mass is 449 g/mol. The second kappa shape index (κ2) is 8.26. The summed E-state index contributed by atoms with van der Waals surface area (Å²) in [4.78, 5) is 11.7. The molecule has 4 heteroatoms. The third-order valence-corrected chi connectivity index (χ3v) is 9.65. The first-order chi connectivity index (χ1) is 13.7. The van der Waals surface area contributed by atoms with Gasteiger partial charge in [0, 0.05) is 6.08 Å². The summed E-state index contributed by atoms with van der Waals surface area (Å²) in [5.41, 5.74) is 0. The summed E-state index contributed by atoms with van der Waals surface area (Å²) in [6, 6.07) is 31.9. The van der Waals surface area contributed by atoms with Crippen LogP contribution in [0.15, 0.2) is 113 Å². The molecule has 0 N–H and O–H groups in total. The van der Waals surface area contributed by atoms with Crippen molar-refractivity contribution in [2.75, 3.05) is 6.16 Å². The van der Waals surface area contributed by atoms with Gasteiger partial charge in [-0.2, -0.15) is 0 Å². The molecule has 2 nitrogen and oxygen atoms in total. The summed E-state index contributed by atoms with van der Waals surface area (Å²) in [5, 5.41) is 3.91. The van der Waals surface area contributed by atoms with E-state index in [1.54, 1.807) is 6.08 Å². The first kappa shape index (κ1) is 18.9. The zero-order valence-electron chi connectivity index (χ0n) is 15.2. The zero-order valence-corrected chi connectivity index (χ0v) is 17.6. The van der Waals surface area contributed by atoms with Crippen molar-refractivity contribution in [1.82, 2.24) is 0 Å². The molecular weight excluding hydrogens is 431 g/mol. The van der Waals surface area contributed by atoms with Gasteiger partial charge in [-0.25, -0.2) is 4.79 Å². The molecule has 4 rings (SSSR count). The summed E-state index contributed by atoms with van der Waals surface area (Å²) in [6.07, 6.45) is 4.56. The molecule has 3 aromatic rings. The molecule has 1 heterocycles. The topological polar surface area (TPSA) is 26.3 Å². The van der Waals surface area contributed by atoms with E-state index in [4.69, 9.17) is 4.74 Å². The fourth-order valence-electron chi connectivity index (χ4n) is 3.51. The van der Waals surface area contributed by atoms with E-state index in [9.17, 15) is 4.79 Å². The summed E-state index contributed by atoms with van der Waals surface area (Å²) in [5.74, 6) is 0.262. The first-order valence-electron chi connectivity index (χ1n) is 9.04. The van der Waals surface area contributed by atoms with Crippen LogP contribution in [0.25, 0.3) is 0 Å². The lowest BCUT2D eigenvalue weighted by Crippen LogP contribution is -2.33. The maximum atomic E-state index is 11.7. The molecule has 0 saturated carbocycles. The Hall–Kier alpha value is -2.48.